The second kappa shape index (κ2) is 11.5. The van der Waals surface area contributed by atoms with Crippen LogP contribution in [0.25, 0.3) is 0 Å². The molecule has 0 atom stereocenters. The summed E-state index contributed by atoms with van der Waals surface area (Å²) in [5, 5.41) is 2.98. The Kier molecular flexibility index (Phi) is 8.44. The molecule has 0 bridgehead atoms. The summed E-state index contributed by atoms with van der Waals surface area (Å²) in [4.78, 5) is 15.1. The molecule has 0 unspecified atom stereocenters. The highest BCUT2D eigenvalue weighted by atomic mass is 16.5. The molecule has 0 spiro atoms. The van der Waals surface area contributed by atoms with E-state index < -0.39 is 0 Å². The van der Waals surface area contributed by atoms with Crippen LogP contribution < -0.4 is 24.4 Å². The van der Waals surface area contributed by atoms with Gasteiger partial charge in [0, 0.05) is 30.9 Å². The normalized spacial score (nSPS) is 14.0. The lowest BCUT2D eigenvalue weighted by molar-refractivity contribution is 0.0952. The van der Waals surface area contributed by atoms with Crippen molar-refractivity contribution in [2.45, 2.75) is 38.5 Å². The van der Waals surface area contributed by atoms with Crippen LogP contribution in [-0.4, -0.2) is 46.9 Å². The van der Waals surface area contributed by atoms with E-state index in [4.69, 9.17) is 14.2 Å². The van der Waals surface area contributed by atoms with Crippen LogP contribution in [-0.2, 0) is 6.42 Å². The van der Waals surface area contributed by atoms with E-state index in [1.807, 2.05) is 0 Å². The molecule has 0 aliphatic carbocycles. The summed E-state index contributed by atoms with van der Waals surface area (Å²) >= 11 is 0. The van der Waals surface area contributed by atoms with Gasteiger partial charge in [0.15, 0.2) is 11.5 Å². The molecule has 1 heterocycles. The number of hydrogen-bond acceptors (Lipinski definition) is 5. The van der Waals surface area contributed by atoms with Crippen LogP contribution in [0.15, 0.2) is 36.4 Å². The minimum Gasteiger partial charge on any atom is -0.493 e. The molecule has 2 aromatic carbocycles. The molecular weight excluding hydrogens is 392 g/mol. The van der Waals surface area contributed by atoms with E-state index in [2.05, 4.69) is 34.5 Å². The van der Waals surface area contributed by atoms with Crippen molar-refractivity contribution in [3.8, 4) is 17.2 Å². The topological polar surface area (TPSA) is 60.0 Å². The minimum absolute atomic E-state index is 0.157. The van der Waals surface area contributed by atoms with Gasteiger partial charge in [-0.15, -0.1) is 0 Å². The molecule has 6 heteroatoms. The number of carbonyl (C=O) groups is 1. The predicted octanol–water partition coefficient (Wildman–Crippen LogP) is 4.46. The number of amides is 1. The number of carbonyl (C=O) groups excluding carboxylic acids is 1. The van der Waals surface area contributed by atoms with Gasteiger partial charge in [-0.3, -0.25) is 4.79 Å². The third kappa shape index (κ3) is 6.06. The van der Waals surface area contributed by atoms with Gasteiger partial charge >= 0.3 is 0 Å². The smallest absolute Gasteiger partial charge is 0.251 e. The van der Waals surface area contributed by atoms with Crippen LogP contribution in [0.1, 0.15) is 48.0 Å². The maximum atomic E-state index is 12.6. The fourth-order valence-electron chi connectivity index (χ4n) is 4.01. The zero-order valence-corrected chi connectivity index (χ0v) is 18.9. The standard InChI is InChI=1S/C25H34N2O4/c1-29-22-17-20(18-23(30-2)24(22)31-3)25(28)26-14-8-9-19-10-12-21(13-11-19)27-15-6-4-5-7-16-27/h10-13,17-18H,4-9,14-16H2,1-3H3,(H,26,28). The summed E-state index contributed by atoms with van der Waals surface area (Å²) in [7, 11) is 4.62. The van der Waals surface area contributed by atoms with Gasteiger partial charge < -0.3 is 24.4 Å². The Hall–Kier alpha value is -2.89. The van der Waals surface area contributed by atoms with Crippen LogP contribution in [0, 0.1) is 0 Å². The zero-order chi connectivity index (χ0) is 22.1. The Morgan fingerprint density at radius 2 is 1.52 bits per heavy atom. The van der Waals surface area contributed by atoms with Gasteiger partial charge in [0.1, 0.15) is 0 Å². The number of nitrogens with zero attached hydrogens (tertiary/aromatic N) is 1. The first kappa shape index (κ1) is 22.8. The van der Waals surface area contributed by atoms with E-state index >= 15 is 0 Å². The van der Waals surface area contributed by atoms with Gasteiger partial charge in [-0.2, -0.15) is 0 Å². The minimum atomic E-state index is -0.157. The average molecular weight is 427 g/mol. The summed E-state index contributed by atoms with van der Waals surface area (Å²) in [6.45, 7) is 2.92. The number of anilines is 1. The van der Waals surface area contributed by atoms with E-state index in [-0.39, 0.29) is 5.91 Å². The third-order valence-corrected chi connectivity index (χ3v) is 5.76. The lowest BCUT2D eigenvalue weighted by atomic mass is 10.1. The van der Waals surface area contributed by atoms with E-state index in [0.29, 0.717) is 29.4 Å². The number of rotatable bonds is 9. The van der Waals surface area contributed by atoms with Crippen LogP contribution >= 0.6 is 0 Å². The highest BCUT2D eigenvalue weighted by Gasteiger charge is 2.16. The molecule has 0 saturated carbocycles. The summed E-state index contributed by atoms with van der Waals surface area (Å²) < 4.78 is 16.0. The monoisotopic (exact) mass is 426 g/mol. The van der Waals surface area contributed by atoms with E-state index in [1.54, 1.807) is 19.2 Å². The van der Waals surface area contributed by atoms with Crippen molar-refractivity contribution in [3.63, 3.8) is 0 Å². The van der Waals surface area contributed by atoms with Crippen LogP contribution in [0.4, 0.5) is 5.69 Å². The zero-order valence-electron chi connectivity index (χ0n) is 18.9. The Morgan fingerprint density at radius 3 is 2.06 bits per heavy atom. The van der Waals surface area contributed by atoms with Crippen molar-refractivity contribution >= 4 is 11.6 Å². The Morgan fingerprint density at radius 1 is 0.903 bits per heavy atom. The van der Waals surface area contributed by atoms with Crippen molar-refractivity contribution in [3.05, 3.63) is 47.5 Å². The number of methoxy groups -OCH3 is 3. The van der Waals surface area contributed by atoms with Crippen LogP contribution in [0.2, 0.25) is 0 Å². The van der Waals surface area contributed by atoms with Crippen molar-refractivity contribution in [1.29, 1.82) is 0 Å². The van der Waals surface area contributed by atoms with Crippen LogP contribution in [0.3, 0.4) is 0 Å². The summed E-state index contributed by atoms with van der Waals surface area (Å²) in [5.41, 5.74) is 3.10. The van der Waals surface area contributed by atoms with E-state index in [1.165, 1.54) is 51.2 Å². The molecule has 1 aliphatic rings. The molecule has 2 aromatic rings. The molecule has 1 fully saturated rings. The van der Waals surface area contributed by atoms with Crippen molar-refractivity contribution in [1.82, 2.24) is 5.32 Å². The highest BCUT2D eigenvalue weighted by molar-refractivity contribution is 5.95. The van der Waals surface area contributed by atoms with Gasteiger partial charge in [0.2, 0.25) is 5.75 Å². The van der Waals surface area contributed by atoms with Crippen molar-refractivity contribution in [2.24, 2.45) is 0 Å². The second-order valence-corrected chi connectivity index (χ2v) is 7.84. The highest BCUT2D eigenvalue weighted by Crippen LogP contribution is 2.38. The fourth-order valence-corrected chi connectivity index (χ4v) is 4.01. The molecule has 1 N–H and O–H groups in total. The first-order chi connectivity index (χ1) is 15.2. The van der Waals surface area contributed by atoms with E-state index in [0.717, 1.165) is 25.9 Å². The summed E-state index contributed by atoms with van der Waals surface area (Å²) in [6.07, 6.45) is 7.06. The average Bonchev–Trinajstić information content (AvgIpc) is 3.10. The van der Waals surface area contributed by atoms with Gasteiger partial charge in [-0.25, -0.2) is 0 Å². The number of ether oxygens (including phenoxy) is 3. The number of nitrogens with one attached hydrogen (secondary N) is 1. The predicted molar refractivity (Wildman–Crippen MR) is 124 cm³/mol. The van der Waals surface area contributed by atoms with Crippen molar-refractivity contribution in [2.75, 3.05) is 45.9 Å². The first-order valence-electron chi connectivity index (χ1n) is 11.1. The Labute approximate surface area is 185 Å². The fraction of sp³-hybridized carbons (Fsp3) is 0.480. The molecular formula is C25H34N2O4. The molecule has 0 aromatic heterocycles. The molecule has 168 valence electrons. The molecule has 31 heavy (non-hydrogen) atoms. The molecule has 3 rings (SSSR count). The summed E-state index contributed by atoms with van der Waals surface area (Å²) in [6, 6.07) is 12.2. The largest absolute Gasteiger partial charge is 0.493 e. The maximum Gasteiger partial charge on any atom is 0.251 e. The molecule has 6 nitrogen and oxygen atoms in total. The SMILES string of the molecule is COc1cc(C(=O)NCCCc2ccc(N3CCCCCC3)cc2)cc(OC)c1OC. The van der Waals surface area contributed by atoms with E-state index in [9.17, 15) is 4.79 Å². The molecule has 1 amide bonds. The number of aryl methyl sites for hydroxylation is 1. The van der Waals surface area contributed by atoms with Crippen molar-refractivity contribution < 1.29 is 19.0 Å². The molecule has 1 saturated heterocycles. The second-order valence-electron chi connectivity index (χ2n) is 7.84. The summed E-state index contributed by atoms with van der Waals surface area (Å²) in [5.74, 6) is 1.26. The number of hydrogen-bond donors (Lipinski definition) is 1. The number of benzene rings is 2. The maximum absolute atomic E-state index is 12.6. The molecule has 1 aliphatic heterocycles. The third-order valence-electron chi connectivity index (χ3n) is 5.76. The lowest BCUT2D eigenvalue weighted by Crippen LogP contribution is -2.25. The lowest BCUT2D eigenvalue weighted by Gasteiger charge is -2.22. The van der Waals surface area contributed by atoms with Crippen LogP contribution in [0.5, 0.6) is 17.2 Å². The Balaban J connectivity index is 1.50. The van der Waals surface area contributed by atoms with Gasteiger partial charge in [0.25, 0.3) is 5.91 Å². The van der Waals surface area contributed by atoms with Gasteiger partial charge in [-0.05, 0) is 55.5 Å². The van der Waals surface area contributed by atoms with Gasteiger partial charge in [-0.1, -0.05) is 25.0 Å². The quantitative estimate of drug-likeness (QED) is 0.600. The van der Waals surface area contributed by atoms with Gasteiger partial charge in [0.05, 0.1) is 21.3 Å². The molecule has 0 radical (unpaired) electrons. The Bertz CT molecular complexity index is 818. The first-order valence-corrected chi connectivity index (χ1v) is 11.1.